The van der Waals surface area contributed by atoms with E-state index in [1.807, 2.05) is 12.1 Å². The Labute approximate surface area is 140 Å². The number of oxazole rings is 1. The lowest BCUT2D eigenvalue weighted by molar-refractivity contribution is 0.0394. The molecule has 1 aromatic heterocycles. The van der Waals surface area contributed by atoms with Gasteiger partial charge in [-0.05, 0) is 31.2 Å². The summed E-state index contributed by atoms with van der Waals surface area (Å²) in [5, 5.41) is 0.168. The number of rotatable bonds is 5. The number of aryl methyl sites for hydroxylation is 1. The van der Waals surface area contributed by atoms with Gasteiger partial charge in [0.2, 0.25) is 15.9 Å². The van der Waals surface area contributed by atoms with E-state index in [0.29, 0.717) is 22.4 Å². The van der Waals surface area contributed by atoms with Crippen LogP contribution in [0.4, 0.5) is 0 Å². The highest BCUT2D eigenvalue weighted by Crippen LogP contribution is 2.25. The van der Waals surface area contributed by atoms with Crippen LogP contribution in [-0.2, 0) is 21.3 Å². The van der Waals surface area contributed by atoms with E-state index in [0.717, 1.165) is 5.56 Å². The third-order valence-electron chi connectivity index (χ3n) is 3.82. The second-order valence-corrected chi connectivity index (χ2v) is 8.25. The Morgan fingerprint density at radius 2 is 1.96 bits per heavy atom. The smallest absolute Gasteiger partial charge is 0.226 e. The minimum atomic E-state index is -3.37. The molecule has 0 saturated carbocycles. The molecule has 0 N–H and O–H groups in total. The average Bonchev–Trinajstić information content (AvgIpc) is 2.78. The molecule has 0 bridgehead atoms. The van der Waals surface area contributed by atoms with Crippen LogP contribution in [-0.4, -0.2) is 43.2 Å². The second kappa shape index (κ2) is 6.24. The molecule has 3 rings (SSSR count). The molecule has 1 fully saturated rings. The van der Waals surface area contributed by atoms with Gasteiger partial charge in [0.05, 0.1) is 25.5 Å². The Bertz CT molecular complexity index is 797. The number of sulfonamides is 1. The normalized spacial score (nSPS) is 15.8. The molecule has 1 aliphatic rings. The Morgan fingerprint density at radius 1 is 1.30 bits per heavy atom. The predicted molar refractivity (Wildman–Crippen MR) is 86.7 cm³/mol. The van der Waals surface area contributed by atoms with Gasteiger partial charge in [0, 0.05) is 17.6 Å². The zero-order chi connectivity index (χ0) is 16.6. The standard InChI is InChI=1S/C15H17ClN2O4S/c1-10-14(7-18(2)23(19,20)13-8-21-9-13)17-15(22-10)11-3-5-12(16)6-4-11/h3-6,13H,7-9H2,1-2H3. The van der Waals surface area contributed by atoms with Crippen molar-refractivity contribution in [3.63, 3.8) is 0 Å². The molecule has 124 valence electrons. The van der Waals surface area contributed by atoms with E-state index < -0.39 is 15.3 Å². The Morgan fingerprint density at radius 3 is 2.52 bits per heavy atom. The summed E-state index contributed by atoms with van der Waals surface area (Å²) < 4.78 is 36.6. The van der Waals surface area contributed by atoms with Gasteiger partial charge in [0.25, 0.3) is 0 Å². The molecule has 1 aliphatic heterocycles. The third-order valence-corrected chi connectivity index (χ3v) is 6.18. The van der Waals surface area contributed by atoms with E-state index in [9.17, 15) is 8.42 Å². The first-order chi connectivity index (χ1) is 10.9. The van der Waals surface area contributed by atoms with Gasteiger partial charge in [0.15, 0.2) is 0 Å². The highest BCUT2D eigenvalue weighted by atomic mass is 35.5. The van der Waals surface area contributed by atoms with Crippen molar-refractivity contribution in [2.75, 3.05) is 20.3 Å². The fourth-order valence-electron chi connectivity index (χ4n) is 2.23. The number of nitrogens with zero attached hydrogens (tertiary/aromatic N) is 2. The maximum Gasteiger partial charge on any atom is 0.226 e. The molecule has 0 atom stereocenters. The summed E-state index contributed by atoms with van der Waals surface area (Å²) in [5.41, 5.74) is 1.39. The quantitative estimate of drug-likeness (QED) is 0.822. The maximum absolute atomic E-state index is 12.3. The minimum absolute atomic E-state index is 0.168. The molecule has 1 saturated heterocycles. The van der Waals surface area contributed by atoms with Crippen molar-refractivity contribution in [3.05, 3.63) is 40.7 Å². The highest BCUT2D eigenvalue weighted by molar-refractivity contribution is 7.89. The SMILES string of the molecule is Cc1oc(-c2ccc(Cl)cc2)nc1CN(C)S(=O)(=O)C1COC1. The first-order valence-corrected chi connectivity index (χ1v) is 9.01. The number of ether oxygens (including phenoxy) is 1. The fourth-order valence-corrected chi connectivity index (χ4v) is 3.71. The zero-order valence-electron chi connectivity index (χ0n) is 12.8. The van der Waals surface area contributed by atoms with E-state index in [-0.39, 0.29) is 19.8 Å². The van der Waals surface area contributed by atoms with Crippen LogP contribution < -0.4 is 0 Å². The van der Waals surface area contributed by atoms with Crippen molar-refractivity contribution in [2.45, 2.75) is 18.7 Å². The Kier molecular flexibility index (Phi) is 4.46. The van der Waals surface area contributed by atoms with Gasteiger partial charge in [-0.3, -0.25) is 0 Å². The molecule has 23 heavy (non-hydrogen) atoms. The zero-order valence-corrected chi connectivity index (χ0v) is 14.4. The summed E-state index contributed by atoms with van der Waals surface area (Å²) in [4.78, 5) is 4.42. The van der Waals surface area contributed by atoms with Crippen LogP contribution >= 0.6 is 11.6 Å². The predicted octanol–water partition coefficient (Wildman–Crippen LogP) is 2.46. The topological polar surface area (TPSA) is 72.6 Å². The van der Waals surface area contributed by atoms with Gasteiger partial charge in [-0.15, -0.1) is 0 Å². The lowest BCUT2D eigenvalue weighted by atomic mass is 10.2. The number of hydrogen-bond donors (Lipinski definition) is 0. The van der Waals surface area contributed by atoms with E-state index in [1.54, 1.807) is 26.1 Å². The molecule has 6 nitrogen and oxygen atoms in total. The van der Waals surface area contributed by atoms with Crippen molar-refractivity contribution in [3.8, 4) is 11.5 Å². The van der Waals surface area contributed by atoms with E-state index in [2.05, 4.69) is 4.98 Å². The molecule has 8 heteroatoms. The van der Waals surface area contributed by atoms with Crippen LogP contribution in [0.5, 0.6) is 0 Å². The van der Waals surface area contributed by atoms with E-state index >= 15 is 0 Å². The monoisotopic (exact) mass is 356 g/mol. The molecule has 0 radical (unpaired) electrons. The molecule has 0 amide bonds. The molecule has 2 heterocycles. The van der Waals surface area contributed by atoms with Crippen molar-refractivity contribution in [2.24, 2.45) is 0 Å². The molecule has 0 aliphatic carbocycles. The largest absolute Gasteiger partial charge is 0.441 e. The van der Waals surface area contributed by atoms with Crippen LogP contribution in [0.25, 0.3) is 11.5 Å². The lowest BCUT2D eigenvalue weighted by Gasteiger charge is -2.29. The van der Waals surface area contributed by atoms with Crippen LogP contribution in [0.2, 0.25) is 5.02 Å². The first-order valence-electron chi connectivity index (χ1n) is 7.13. The van der Waals surface area contributed by atoms with Crippen molar-refractivity contribution >= 4 is 21.6 Å². The number of aromatic nitrogens is 1. The summed E-state index contributed by atoms with van der Waals surface area (Å²) in [6.45, 7) is 2.44. The van der Waals surface area contributed by atoms with Gasteiger partial charge >= 0.3 is 0 Å². The fraction of sp³-hybridized carbons (Fsp3) is 0.400. The average molecular weight is 357 g/mol. The van der Waals surface area contributed by atoms with Crippen LogP contribution in [0.1, 0.15) is 11.5 Å². The van der Waals surface area contributed by atoms with E-state index in [1.165, 1.54) is 4.31 Å². The summed E-state index contributed by atoms with van der Waals surface area (Å²) in [5.74, 6) is 1.05. The van der Waals surface area contributed by atoms with Crippen LogP contribution in [0, 0.1) is 6.92 Å². The molecule has 1 aromatic carbocycles. The number of hydrogen-bond acceptors (Lipinski definition) is 5. The van der Waals surface area contributed by atoms with Gasteiger partial charge in [-0.1, -0.05) is 11.6 Å². The molecule has 2 aromatic rings. The van der Waals surface area contributed by atoms with Gasteiger partial charge in [0.1, 0.15) is 11.0 Å². The minimum Gasteiger partial charge on any atom is -0.441 e. The van der Waals surface area contributed by atoms with Crippen LogP contribution in [0.3, 0.4) is 0 Å². The maximum atomic E-state index is 12.3. The Hall–Kier alpha value is -1.41. The summed E-state index contributed by atoms with van der Waals surface area (Å²) in [7, 11) is -1.82. The van der Waals surface area contributed by atoms with Gasteiger partial charge in [-0.2, -0.15) is 4.31 Å². The van der Waals surface area contributed by atoms with Crippen molar-refractivity contribution in [1.29, 1.82) is 0 Å². The summed E-state index contributed by atoms with van der Waals surface area (Å²) in [6, 6.07) is 7.12. The summed E-state index contributed by atoms with van der Waals surface area (Å²) in [6.07, 6.45) is 0. The molecular weight excluding hydrogens is 340 g/mol. The van der Waals surface area contributed by atoms with Gasteiger partial charge in [-0.25, -0.2) is 13.4 Å². The molecular formula is C15H17ClN2O4S. The van der Waals surface area contributed by atoms with Crippen LogP contribution in [0.15, 0.2) is 28.7 Å². The molecule has 0 unspecified atom stereocenters. The molecule has 0 spiro atoms. The third kappa shape index (κ3) is 3.28. The van der Waals surface area contributed by atoms with Crippen molar-refractivity contribution in [1.82, 2.24) is 9.29 Å². The first kappa shape index (κ1) is 16.4. The summed E-state index contributed by atoms with van der Waals surface area (Å²) >= 11 is 5.87. The second-order valence-electron chi connectivity index (χ2n) is 5.49. The van der Waals surface area contributed by atoms with Gasteiger partial charge < -0.3 is 9.15 Å². The number of halogens is 1. The Balaban J connectivity index is 1.80. The highest BCUT2D eigenvalue weighted by Gasteiger charge is 2.36. The van der Waals surface area contributed by atoms with Crippen molar-refractivity contribution < 1.29 is 17.6 Å². The number of benzene rings is 1. The lowest BCUT2D eigenvalue weighted by Crippen LogP contribution is -2.47. The van der Waals surface area contributed by atoms with E-state index in [4.69, 9.17) is 20.8 Å².